The lowest BCUT2D eigenvalue weighted by molar-refractivity contribution is -0.144. The van der Waals surface area contributed by atoms with Crippen LogP contribution in [-0.4, -0.2) is 11.0 Å². The molecular formula is C14H11ClFNO2. The number of pyridine rings is 1. The Morgan fingerprint density at radius 1 is 1.26 bits per heavy atom. The summed E-state index contributed by atoms with van der Waals surface area (Å²) in [6, 6.07) is 9.44. The molecule has 1 heterocycles. The number of rotatable bonds is 4. The predicted molar refractivity (Wildman–Crippen MR) is 69.1 cm³/mol. The normalized spacial score (nSPS) is 10.2. The Morgan fingerprint density at radius 3 is 2.74 bits per heavy atom. The molecule has 0 spiro atoms. The lowest BCUT2D eigenvalue weighted by Gasteiger charge is -2.05. The Balaban J connectivity index is 1.88. The molecule has 0 saturated heterocycles. The maximum absolute atomic E-state index is 13.3. The van der Waals surface area contributed by atoms with Crippen molar-refractivity contribution in [2.45, 2.75) is 13.0 Å². The number of carbonyl (C=O) groups is 1. The summed E-state index contributed by atoms with van der Waals surface area (Å²) in [6.07, 6.45) is 1.44. The van der Waals surface area contributed by atoms with Crippen molar-refractivity contribution in [1.29, 1.82) is 0 Å². The molecule has 98 valence electrons. The van der Waals surface area contributed by atoms with Gasteiger partial charge in [0.05, 0.1) is 6.42 Å². The molecule has 0 amide bonds. The highest BCUT2D eigenvalue weighted by atomic mass is 35.5. The fourth-order valence-corrected chi connectivity index (χ4v) is 1.62. The number of hydrogen-bond donors (Lipinski definition) is 0. The van der Waals surface area contributed by atoms with Gasteiger partial charge in [-0.2, -0.15) is 0 Å². The summed E-state index contributed by atoms with van der Waals surface area (Å²) in [4.78, 5) is 15.4. The highest BCUT2D eigenvalue weighted by Crippen LogP contribution is 2.10. The number of hydrogen-bond acceptors (Lipinski definition) is 3. The first-order chi connectivity index (χ1) is 9.15. The lowest BCUT2D eigenvalue weighted by atomic mass is 10.1. The molecule has 0 aliphatic heterocycles. The first kappa shape index (κ1) is 13.5. The van der Waals surface area contributed by atoms with Gasteiger partial charge in [0.25, 0.3) is 0 Å². The Morgan fingerprint density at radius 2 is 2.05 bits per heavy atom. The fraction of sp³-hybridized carbons (Fsp3) is 0.143. The summed E-state index contributed by atoms with van der Waals surface area (Å²) in [7, 11) is 0. The van der Waals surface area contributed by atoms with E-state index in [9.17, 15) is 9.18 Å². The van der Waals surface area contributed by atoms with E-state index in [-0.39, 0.29) is 13.0 Å². The van der Waals surface area contributed by atoms with Crippen LogP contribution in [-0.2, 0) is 22.6 Å². The topological polar surface area (TPSA) is 39.2 Å². The van der Waals surface area contributed by atoms with Crippen LogP contribution in [0, 0.1) is 5.82 Å². The lowest BCUT2D eigenvalue weighted by Crippen LogP contribution is -2.09. The van der Waals surface area contributed by atoms with Gasteiger partial charge >= 0.3 is 5.97 Å². The van der Waals surface area contributed by atoms with Gasteiger partial charge in [-0.3, -0.25) is 4.79 Å². The number of carbonyl (C=O) groups excluding carboxylic acids is 1. The molecule has 0 atom stereocenters. The summed E-state index contributed by atoms with van der Waals surface area (Å²) in [5, 5.41) is 0.376. The van der Waals surface area contributed by atoms with Gasteiger partial charge in [0.1, 0.15) is 17.6 Å². The Bertz CT molecular complexity index is 572. The monoisotopic (exact) mass is 279 g/mol. The van der Waals surface area contributed by atoms with Crippen LogP contribution in [0.15, 0.2) is 42.6 Å². The van der Waals surface area contributed by atoms with Crippen molar-refractivity contribution in [2.75, 3.05) is 0 Å². The van der Waals surface area contributed by atoms with Gasteiger partial charge in [-0.15, -0.1) is 0 Å². The van der Waals surface area contributed by atoms with Crippen LogP contribution in [0.25, 0.3) is 0 Å². The number of nitrogens with zero attached hydrogens (tertiary/aromatic N) is 1. The van der Waals surface area contributed by atoms with Gasteiger partial charge in [0, 0.05) is 11.8 Å². The highest BCUT2D eigenvalue weighted by Gasteiger charge is 2.09. The summed E-state index contributed by atoms with van der Waals surface area (Å²) in [6.45, 7) is 0.0947. The van der Waals surface area contributed by atoms with Gasteiger partial charge in [-0.25, -0.2) is 9.37 Å². The summed E-state index contributed by atoms with van der Waals surface area (Å²) >= 11 is 5.64. The minimum Gasteiger partial charge on any atom is -0.460 e. The fourth-order valence-electron chi connectivity index (χ4n) is 1.50. The second kappa shape index (κ2) is 6.29. The molecule has 0 saturated carbocycles. The highest BCUT2D eigenvalue weighted by molar-refractivity contribution is 6.29. The second-order valence-corrected chi connectivity index (χ2v) is 4.31. The molecule has 0 radical (unpaired) electrons. The van der Waals surface area contributed by atoms with E-state index < -0.39 is 11.8 Å². The molecule has 3 nitrogen and oxygen atoms in total. The molecule has 0 aliphatic rings. The van der Waals surface area contributed by atoms with Gasteiger partial charge in [0.15, 0.2) is 0 Å². The molecule has 1 aromatic heterocycles. The molecule has 5 heteroatoms. The van der Waals surface area contributed by atoms with E-state index in [2.05, 4.69) is 4.98 Å². The van der Waals surface area contributed by atoms with Crippen LogP contribution >= 0.6 is 11.6 Å². The zero-order chi connectivity index (χ0) is 13.7. The number of halogens is 2. The van der Waals surface area contributed by atoms with Gasteiger partial charge in [0.2, 0.25) is 0 Å². The molecule has 2 rings (SSSR count). The first-order valence-electron chi connectivity index (χ1n) is 5.64. The van der Waals surface area contributed by atoms with E-state index in [4.69, 9.17) is 16.3 Å². The molecule has 0 aliphatic carbocycles. The van der Waals surface area contributed by atoms with Crippen LogP contribution < -0.4 is 0 Å². The third-order valence-corrected chi connectivity index (χ3v) is 2.70. The molecule has 0 bridgehead atoms. The van der Waals surface area contributed by atoms with Crippen molar-refractivity contribution in [3.63, 3.8) is 0 Å². The van der Waals surface area contributed by atoms with Gasteiger partial charge in [-0.05, 0) is 17.7 Å². The first-order valence-corrected chi connectivity index (χ1v) is 6.02. The third-order valence-electron chi connectivity index (χ3n) is 2.48. The largest absolute Gasteiger partial charge is 0.460 e. The molecule has 1 aromatic carbocycles. The molecule has 2 aromatic rings. The van der Waals surface area contributed by atoms with Crippen LogP contribution in [0.4, 0.5) is 4.39 Å². The van der Waals surface area contributed by atoms with E-state index in [1.807, 2.05) is 0 Å². The van der Waals surface area contributed by atoms with E-state index in [0.717, 1.165) is 5.56 Å². The smallest absolute Gasteiger partial charge is 0.310 e. The number of esters is 1. The van der Waals surface area contributed by atoms with Gasteiger partial charge < -0.3 is 4.74 Å². The van der Waals surface area contributed by atoms with Crippen molar-refractivity contribution < 1.29 is 13.9 Å². The van der Waals surface area contributed by atoms with Crippen LogP contribution in [0.1, 0.15) is 11.1 Å². The van der Waals surface area contributed by atoms with Crippen LogP contribution in [0.3, 0.4) is 0 Å². The van der Waals surface area contributed by atoms with Crippen molar-refractivity contribution in [3.05, 3.63) is 64.7 Å². The molecule has 0 N–H and O–H groups in total. The van der Waals surface area contributed by atoms with Crippen molar-refractivity contribution in [1.82, 2.24) is 4.98 Å². The maximum atomic E-state index is 13.3. The SMILES string of the molecule is O=C(Cc1ccccc1F)OCc1ccc(Cl)nc1. The second-order valence-electron chi connectivity index (χ2n) is 3.92. The molecular weight excluding hydrogens is 269 g/mol. The summed E-state index contributed by atoms with van der Waals surface area (Å²) in [5.41, 5.74) is 1.05. The zero-order valence-electron chi connectivity index (χ0n) is 9.98. The predicted octanol–water partition coefficient (Wildman–Crippen LogP) is 3.16. The molecule has 0 fully saturated rings. The number of aromatic nitrogens is 1. The van der Waals surface area contributed by atoms with E-state index in [1.54, 1.807) is 30.3 Å². The number of ether oxygens (including phenoxy) is 1. The quantitative estimate of drug-likeness (QED) is 0.637. The minimum absolute atomic E-state index is 0.0896. The van der Waals surface area contributed by atoms with Crippen molar-refractivity contribution in [2.24, 2.45) is 0 Å². The number of benzene rings is 1. The van der Waals surface area contributed by atoms with Gasteiger partial charge in [-0.1, -0.05) is 35.9 Å². The molecule has 0 unspecified atom stereocenters. The Kier molecular flexibility index (Phi) is 4.47. The summed E-state index contributed by atoms with van der Waals surface area (Å²) < 4.78 is 18.4. The standard InChI is InChI=1S/C14H11ClFNO2/c15-13-6-5-10(8-17-13)9-19-14(18)7-11-3-1-2-4-12(11)16/h1-6,8H,7,9H2. The van der Waals surface area contributed by atoms with E-state index >= 15 is 0 Å². The van der Waals surface area contributed by atoms with Crippen molar-refractivity contribution in [3.8, 4) is 0 Å². The zero-order valence-corrected chi connectivity index (χ0v) is 10.7. The van der Waals surface area contributed by atoms with E-state index in [0.29, 0.717) is 10.7 Å². The maximum Gasteiger partial charge on any atom is 0.310 e. The van der Waals surface area contributed by atoms with E-state index in [1.165, 1.54) is 12.3 Å². The van der Waals surface area contributed by atoms with Crippen molar-refractivity contribution >= 4 is 17.6 Å². The minimum atomic E-state index is -0.486. The third kappa shape index (κ3) is 4.03. The Labute approximate surface area is 115 Å². The van der Waals surface area contributed by atoms with Crippen LogP contribution in [0.2, 0.25) is 5.15 Å². The average molecular weight is 280 g/mol. The molecule has 19 heavy (non-hydrogen) atoms. The van der Waals surface area contributed by atoms with Crippen LogP contribution in [0.5, 0.6) is 0 Å². The Hall–Kier alpha value is -1.94. The summed E-state index contributed by atoms with van der Waals surface area (Å²) in [5.74, 6) is -0.896. The average Bonchev–Trinajstić information content (AvgIpc) is 2.41.